The van der Waals surface area contributed by atoms with Crippen LogP contribution in [0.5, 0.6) is 0 Å². The largest absolute Gasteiger partial charge is 0.228 e. The summed E-state index contributed by atoms with van der Waals surface area (Å²) < 4.78 is 0. The summed E-state index contributed by atoms with van der Waals surface area (Å²) in [5.41, 5.74) is 12.1. The zero-order valence-electron chi connectivity index (χ0n) is 26.6. The minimum Gasteiger partial charge on any atom is -0.228 e. The maximum absolute atomic E-state index is 5.17. The number of benzene rings is 7. The van der Waals surface area contributed by atoms with Gasteiger partial charge in [-0.1, -0.05) is 176 Å². The SMILES string of the molecule is C1=C\c2ccc(-c3cc(-c4ccccc4)nc(-c4ccccc4)n3)cc2-c2ccc3ccccc3c2Sc2ccccc2-c2ccccc2/1. The van der Waals surface area contributed by atoms with Gasteiger partial charge in [-0.3, -0.25) is 0 Å². The molecule has 1 aliphatic heterocycles. The Hall–Kier alpha value is -6.03. The van der Waals surface area contributed by atoms with Gasteiger partial charge in [0.1, 0.15) is 0 Å². The Morgan fingerprint density at radius 3 is 1.84 bits per heavy atom. The zero-order valence-corrected chi connectivity index (χ0v) is 27.4. The molecule has 49 heavy (non-hydrogen) atoms. The predicted octanol–water partition coefficient (Wildman–Crippen LogP) is 12.6. The first kappa shape index (κ1) is 29.1. The number of hydrogen-bond acceptors (Lipinski definition) is 3. The van der Waals surface area contributed by atoms with Gasteiger partial charge in [0.15, 0.2) is 5.82 Å². The molecule has 0 spiro atoms. The monoisotopic (exact) mass is 642 g/mol. The van der Waals surface area contributed by atoms with E-state index in [1.165, 1.54) is 48.4 Å². The number of fused-ring (bicyclic) bond motifs is 8. The molecule has 0 saturated heterocycles. The zero-order chi connectivity index (χ0) is 32.6. The highest BCUT2D eigenvalue weighted by Gasteiger charge is 2.19. The van der Waals surface area contributed by atoms with Gasteiger partial charge < -0.3 is 0 Å². The van der Waals surface area contributed by atoms with E-state index in [1.807, 2.05) is 36.0 Å². The molecule has 0 unspecified atom stereocenters. The van der Waals surface area contributed by atoms with Crippen molar-refractivity contribution in [3.63, 3.8) is 0 Å². The van der Waals surface area contributed by atoms with Crippen molar-refractivity contribution >= 4 is 34.7 Å². The first-order valence-corrected chi connectivity index (χ1v) is 17.3. The van der Waals surface area contributed by atoms with Crippen LogP contribution in [0.1, 0.15) is 11.1 Å². The average Bonchev–Trinajstić information content (AvgIpc) is 3.20. The third-order valence-corrected chi connectivity index (χ3v) is 10.4. The van der Waals surface area contributed by atoms with E-state index >= 15 is 0 Å². The van der Waals surface area contributed by atoms with Crippen molar-refractivity contribution in [1.82, 2.24) is 9.97 Å². The lowest BCUT2D eigenvalue weighted by Gasteiger charge is -2.18. The summed E-state index contributed by atoms with van der Waals surface area (Å²) >= 11 is 1.85. The molecular weight excluding hydrogens is 613 g/mol. The summed E-state index contributed by atoms with van der Waals surface area (Å²) in [5.74, 6) is 0.712. The van der Waals surface area contributed by atoms with Crippen LogP contribution in [0.15, 0.2) is 180 Å². The van der Waals surface area contributed by atoms with Crippen LogP contribution < -0.4 is 0 Å². The second kappa shape index (κ2) is 12.5. The van der Waals surface area contributed by atoms with Crippen LogP contribution in [0.25, 0.3) is 79.1 Å². The minimum atomic E-state index is 0.712. The van der Waals surface area contributed by atoms with Crippen LogP contribution in [0.4, 0.5) is 0 Å². The number of rotatable bonds is 3. The topological polar surface area (TPSA) is 25.8 Å². The minimum absolute atomic E-state index is 0.712. The van der Waals surface area contributed by atoms with Gasteiger partial charge in [0.2, 0.25) is 0 Å². The van der Waals surface area contributed by atoms with Crippen LogP contribution in [-0.4, -0.2) is 9.97 Å². The van der Waals surface area contributed by atoms with Crippen molar-refractivity contribution in [2.24, 2.45) is 0 Å². The fourth-order valence-electron chi connectivity index (χ4n) is 6.68. The molecule has 2 nitrogen and oxygen atoms in total. The Labute approximate surface area is 290 Å². The van der Waals surface area contributed by atoms with Crippen molar-refractivity contribution in [1.29, 1.82) is 0 Å². The summed E-state index contributed by atoms with van der Waals surface area (Å²) in [5, 5.41) is 2.47. The van der Waals surface area contributed by atoms with Gasteiger partial charge in [0.25, 0.3) is 0 Å². The lowest BCUT2D eigenvalue weighted by molar-refractivity contribution is 1.18. The number of nitrogens with zero attached hydrogens (tertiary/aromatic N) is 2. The van der Waals surface area contributed by atoms with Gasteiger partial charge in [0, 0.05) is 26.5 Å². The first-order chi connectivity index (χ1) is 24.3. The molecule has 1 aliphatic rings. The molecule has 8 aromatic rings. The van der Waals surface area contributed by atoms with E-state index in [0.717, 1.165) is 33.6 Å². The van der Waals surface area contributed by atoms with E-state index in [1.54, 1.807) is 0 Å². The summed E-state index contributed by atoms with van der Waals surface area (Å²) in [7, 11) is 0. The predicted molar refractivity (Wildman–Crippen MR) is 206 cm³/mol. The van der Waals surface area contributed by atoms with Crippen LogP contribution in [0.2, 0.25) is 0 Å². The molecule has 0 bridgehead atoms. The van der Waals surface area contributed by atoms with Crippen molar-refractivity contribution in [3.05, 3.63) is 181 Å². The van der Waals surface area contributed by atoms with E-state index in [4.69, 9.17) is 9.97 Å². The van der Waals surface area contributed by atoms with Gasteiger partial charge in [-0.05, 0) is 62.4 Å². The maximum Gasteiger partial charge on any atom is 0.160 e. The molecular formula is C46H30N2S. The van der Waals surface area contributed by atoms with Gasteiger partial charge in [0.05, 0.1) is 11.4 Å². The van der Waals surface area contributed by atoms with Crippen molar-refractivity contribution < 1.29 is 0 Å². The molecule has 230 valence electrons. The van der Waals surface area contributed by atoms with Gasteiger partial charge in [-0.25, -0.2) is 9.97 Å². The molecule has 0 saturated carbocycles. The maximum atomic E-state index is 5.17. The molecule has 0 atom stereocenters. The summed E-state index contributed by atoms with van der Waals surface area (Å²) in [6.07, 6.45) is 4.52. The summed E-state index contributed by atoms with van der Waals surface area (Å²) in [6, 6.07) is 60.2. The van der Waals surface area contributed by atoms with E-state index in [2.05, 4.69) is 158 Å². The fraction of sp³-hybridized carbons (Fsp3) is 0. The Bertz CT molecular complexity index is 2460. The molecule has 0 radical (unpaired) electrons. The van der Waals surface area contributed by atoms with E-state index < -0.39 is 0 Å². The highest BCUT2D eigenvalue weighted by atomic mass is 32.2. The van der Waals surface area contributed by atoms with Crippen LogP contribution in [0, 0.1) is 0 Å². The Morgan fingerprint density at radius 1 is 0.388 bits per heavy atom. The molecule has 2 heterocycles. The van der Waals surface area contributed by atoms with Crippen molar-refractivity contribution in [2.45, 2.75) is 9.79 Å². The molecule has 0 amide bonds. The van der Waals surface area contributed by atoms with Gasteiger partial charge in [-0.15, -0.1) is 0 Å². The molecule has 3 heteroatoms. The summed E-state index contributed by atoms with van der Waals surface area (Å²) in [6.45, 7) is 0. The molecule has 0 fully saturated rings. The first-order valence-electron chi connectivity index (χ1n) is 16.5. The van der Waals surface area contributed by atoms with Gasteiger partial charge in [-0.2, -0.15) is 0 Å². The molecule has 1 aromatic heterocycles. The van der Waals surface area contributed by atoms with Gasteiger partial charge >= 0.3 is 0 Å². The number of hydrogen-bond donors (Lipinski definition) is 0. The van der Waals surface area contributed by atoms with Crippen molar-refractivity contribution in [2.75, 3.05) is 0 Å². The highest BCUT2D eigenvalue weighted by molar-refractivity contribution is 7.99. The number of aromatic nitrogens is 2. The third kappa shape index (κ3) is 5.54. The molecule has 0 aliphatic carbocycles. The second-order valence-corrected chi connectivity index (χ2v) is 13.2. The quantitative estimate of drug-likeness (QED) is 0.192. The summed E-state index contributed by atoms with van der Waals surface area (Å²) in [4.78, 5) is 12.7. The Kier molecular flexibility index (Phi) is 7.45. The fourth-order valence-corrected chi connectivity index (χ4v) is 7.92. The average molecular weight is 643 g/mol. The third-order valence-electron chi connectivity index (χ3n) is 9.14. The highest BCUT2D eigenvalue weighted by Crippen LogP contribution is 2.47. The van der Waals surface area contributed by atoms with Crippen LogP contribution in [0.3, 0.4) is 0 Å². The molecule has 9 rings (SSSR count). The van der Waals surface area contributed by atoms with E-state index in [0.29, 0.717) is 5.82 Å². The standard InChI is InChI=1S/C46H30N2S/c1-3-15-34(16-4-1)42-30-43(48-46(47-42)35-17-5-2-6-18-35)36-26-25-33-24-23-31-13-7-9-19-37(31)39-21-11-12-22-44(39)49-45-38-20-10-8-14-32(38)27-28-40(45)41(33)29-36/h1-30H/b24-23-. The van der Waals surface area contributed by atoms with E-state index in [-0.39, 0.29) is 0 Å². The van der Waals surface area contributed by atoms with Crippen LogP contribution >= 0.6 is 11.8 Å². The van der Waals surface area contributed by atoms with E-state index in [9.17, 15) is 0 Å². The second-order valence-electron chi connectivity index (χ2n) is 12.2. The lowest BCUT2D eigenvalue weighted by Crippen LogP contribution is -1.96. The Balaban J connectivity index is 1.30. The lowest BCUT2D eigenvalue weighted by atomic mass is 9.93. The molecule has 7 aromatic carbocycles. The normalized spacial score (nSPS) is 12.6. The Morgan fingerprint density at radius 2 is 1.02 bits per heavy atom. The molecule has 0 N–H and O–H groups in total. The van der Waals surface area contributed by atoms with Crippen LogP contribution in [-0.2, 0) is 0 Å². The smallest absolute Gasteiger partial charge is 0.160 e. The van der Waals surface area contributed by atoms with Crippen molar-refractivity contribution in [3.8, 4) is 56.2 Å².